The van der Waals surface area contributed by atoms with Crippen LogP contribution in [-0.2, 0) is 0 Å². The minimum atomic E-state index is 0.246. The fraction of sp³-hybridized carbons (Fsp3) is 0.600. The zero-order valence-electron chi connectivity index (χ0n) is 10.8. The monoisotopic (exact) mass is 296 g/mol. The fourth-order valence-electron chi connectivity index (χ4n) is 2.68. The highest BCUT2D eigenvalue weighted by atomic mass is 79.9. The van der Waals surface area contributed by atoms with Crippen LogP contribution in [0.2, 0.25) is 0 Å². The zero-order chi connectivity index (χ0) is 12.4. The molecule has 0 heterocycles. The van der Waals surface area contributed by atoms with E-state index >= 15 is 0 Å². The summed E-state index contributed by atoms with van der Waals surface area (Å²) in [5, 5.41) is 0. The summed E-state index contributed by atoms with van der Waals surface area (Å²) in [6.45, 7) is 6.48. The van der Waals surface area contributed by atoms with Crippen molar-refractivity contribution in [3.8, 4) is 5.75 Å². The minimum Gasteiger partial charge on any atom is -0.491 e. The Kier molecular flexibility index (Phi) is 4.13. The molecule has 0 aromatic heterocycles. The van der Waals surface area contributed by atoms with Gasteiger partial charge in [-0.05, 0) is 56.2 Å². The third-order valence-electron chi connectivity index (χ3n) is 3.62. The Labute approximate surface area is 113 Å². The highest BCUT2D eigenvalue weighted by molar-refractivity contribution is 9.09. The van der Waals surface area contributed by atoms with Gasteiger partial charge in [-0.15, -0.1) is 0 Å². The lowest BCUT2D eigenvalue weighted by Gasteiger charge is -2.19. The van der Waals surface area contributed by atoms with Gasteiger partial charge < -0.3 is 4.74 Å². The predicted molar refractivity (Wildman–Crippen MR) is 76.1 cm³/mol. The summed E-state index contributed by atoms with van der Waals surface area (Å²) in [7, 11) is 0. The first-order valence-electron chi connectivity index (χ1n) is 6.48. The molecule has 0 aliphatic heterocycles. The van der Waals surface area contributed by atoms with Crippen LogP contribution in [0, 0.1) is 5.92 Å². The average molecular weight is 297 g/mol. The van der Waals surface area contributed by atoms with Crippen molar-refractivity contribution in [1.82, 2.24) is 0 Å². The van der Waals surface area contributed by atoms with Crippen LogP contribution < -0.4 is 4.74 Å². The largest absolute Gasteiger partial charge is 0.491 e. The SMILES string of the molecule is CC(C)Oc1cccc(C2CCC(Br)C2C)c1. The van der Waals surface area contributed by atoms with E-state index in [1.165, 1.54) is 18.4 Å². The van der Waals surface area contributed by atoms with Gasteiger partial charge >= 0.3 is 0 Å². The Morgan fingerprint density at radius 2 is 2.06 bits per heavy atom. The number of hydrogen-bond acceptors (Lipinski definition) is 1. The number of alkyl halides is 1. The quantitative estimate of drug-likeness (QED) is 0.731. The van der Waals surface area contributed by atoms with Gasteiger partial charge in [-0.2, -0.15) is 0 Å². The summed E-state index contributed by atoms with van der Waals surface area (Å²) in [4.78, 5) is 0.669. The van der Waals surface area contributed by atoms with Crippen molar-refractivity contribution < 1.29 is 4.74 Å². The molecule has 0 saturated heterocycles. The van der Waals surface area contributed by atoms with Gasteiger partial charge in [-0.3, -0.25) is 0 Å². The number of halogens is 1. The molecule has 1 aliphatic carbocycles. The van der Waals surface area contributed by atoms with E-state index < -0.39 is 0 Å². The van der Waals surface area contributed by atoms with Crippen molar-refractivity contribution in [2.45, 2.75) is 50.5 Å². The van der Waals surface area contributed by atoms with E-state index in [9.17, 15) is 0 Å². The predicted octanol–water partition coefficient (Wildman–Crippen LogP) is 4.75. The highest BCUT2D eigenvalue weighted by Crippen LogP contribution is 2.43. The van der Waals surface area contributed by atoms with Crippen molar-refractivity contribution in [3.63, 3.8) is 0 Å². The topological polar surface area (TPSA) is 9.23 Å². The van der Waals surface area contributed by atoms with Crippen molar-refractivity contribution in [1.29, 1.82) is 0 Å². The van der Waals surface area contributed by atoms with E-state index in [2.05, 4.69) is 61.0 Å². The second-order valence-corrected chi connectivity index (χ2v) is 6.47. The molecular weight excluding hydrogens is 276 g/mol. The van der Waals surface area contributed by atoms with Crippen LogP contribution in [0.15, 0.2) is 24.3 Å². The average Bonchev–Trinajstić information content (AvgIpc) is 2.59. The first-order valence-corrected chi connectivity index (χ1v) is 7.40. The number of ether oxygens (including phenoxy) is 1. The molecule has 1 nitrogen and oxygen atoms in total. The molecule has 0 spiro atoms. The van der Waals surface area contributed by atoms with E-state index in [4.69, 9.17) is 4.74 Å². The fourth-order valence-corrected chi connectivity index (χ4v) is 3.31. The molecular formula is C15H21BrO. The standard InChI is InChI=1S/C15H21BrO/c1-10(2)17-13-6-4-5-12(9-13)14-7-8-15(16)11(14)3/h4-6,9-11,14-15H,7-8H2,1-3H3. The normalized spacial score (nSPS) is 28.6. The minimum absolute atomic E-state index is 0.246. The summed E-state index contributed by atoms with van der Waals surface area (Å²) in [5.74, 6) is 2.39. The first-order chi connectivity index (χ1) is 8.08. The van der Waals surface area contributed by atoms with Crippen LogP contribution in [0.4, 0.5) is 0 Å². The Bertz CT molecular complexity index is 375. The van der Waals surface area contributed by atoms with E-state index in [-0.39, 0.29) is 6.10 Å². The smallest absolute Gasteiger partial charge is 0.119 e. The molecule has 3 atom stereocenters. The highest BCUT2D eigenvalue weighted by Gasteiger charge is 2.32. The molecule has 1 aliphatic rings. The van der Waals surface area contributed by atoms with Crippen LogP contribution in [0.5, 0.6) is 5.75 Å². The number of benzene rings is 1. The second kappa shape index (κ2) is 5.43. The van der Waals surface area contributed by atoms with Crippen molar-refractivity contribution in [2.75, 3.05) is 0 Å². The van der Waals surface area contributed by atoms with E-state index in [0.717, 1.165) is 5.75 Å². The molecule has 0 N–H and O–H groups in total. The number of rotatable bonds is 3. The molecule has 17 heavy (non-hydrogen) atoms. The zero-order valence-corrected chi connectivity index (χ0v) is 12.4. The van der Waals surface area contributed by atoms with Gasteiger partial charge in [0.25, 0.3) is 0 Å². The summed E-state index contributed by atoms with van der Waals surface area (Å²) in [5.41, 5.74) is 1.43. The van der Waals surface area contributed by atoms with Crippen molar-refractivity contribution >= 4 is 15.9 Å². The van der Waals surface area contributed by atoms with Crippen LogP contribution >= 0.6 is 15.9 Å². The summed E-state index contributed by atoms with van der Waals surface area (Å²) < 4.78 is 5.76. The van der Waals surface area contributed by atoms with Gasteiger partial charge in [-0.25, -0.2) is 0 Å². The Morgan fingerprint density at radius 3 is 2.65 bits per heavy atom. The number of hydrogen-bond donors (Lipinski definition) is 0. The third kappa shape index (κ3) is 3.04. The van der Waals surface area contributed by atoms with Gasteiger partial charge in [0.1, 0.15) is 5.75 Å². The third-order valence-corrected chi connectivity index (χ3v) is 4.91. The van der Waals surface area contributed by atoms with Gasteiger partial charge in [0.05, 0.1) is 6.10 Å². The van der Waals surface area contributed by atoms with Crippen LogP contribution in [0.3, 0.4) is 0 Å². The summed E-state index contributed by atoms with van der Waals surface area (Å²) >= 11 is 3.77. The lowest BCUT2D eigenvalue weighted by Crippen LogP contribution is -2.10. The molecule has 0 bridgehead atoms. The molecule has 1 saturated carbocycles. The van der Waals surface area contributed by atoms with Gasteiger partial charge in [0.15, 0.2) is 0 Å². The maximum Gasteiger partial charge on any atom is 0.119 e. The Balaban J connectivity index is 2.16. The molecule has 2 heteroatoms. The second-order valence-electron chi connectivity index (χ2n) is 5.30. The maximum absolute atomic E-state index is 5.76. The Morgan fingerprint density at radius 1 is 1.29 bits per heavy atom. The van der Waals surface area contributed by atoms with E-state index in [0.29, 0.717) is 16.7 Å². The summed E-state index contributed by atoms with van der Waals surface area (Å²) in [6.07, 6.45) is 2.80. The molecule has 3 unspecified atom stereocenters. The molecule has 0 radical (unpaired) electrons. The Hall–Kier alpha value is -0.500. The summed E-state index contributed by atoms with van der Waals surface area (Å²) in [6, 6.07) is 8.61. The molecule has 2 rings (SSSR count). The van der Waals surface area contributed by atoms with Crippen molar-refractivity contribution in [3.05, 3.63) is 29.8 Å². The van der Waals surface area contributed by atoms with E-state index in [1.807, 2.05) is 0 Å². The lowest BCUT2D eigenvalue weighted by atomic mass is 9.90. The lowest BCUT2D eigenvalue weighted by molar-refractivity contribution is 0.242. The van der Waals surface area contributed by atoms with E-state index in [1.54, 1.807) is 0 Å². The molecule has 1 aromatic carbocycles. The molecule has 94 valence electrons. The van der Waals surface area contributed by atoms with Crippen LogP contribution in [-0.4, -0.2) is 10.9 Å². The van der Waals surface area contributed by atoms with Crippen molar-refractivity contribution in [2.24, 2.45) is 5.92 Å². The first kappa shape index (κ1) is 12.9. The van der Waals surface area contributed by atoms with Gasteiger partial charge in [0, 0.05) is 4.83 Å². The van der Waals surface area contributed by atoms with Crippen LogP contribution in [0.1, 0.15) is 45.1 Å². The maximum atomic E-state index is 5.76. The van der Waals surface area contributed by atoms with Gasteiger partial charge in [-0.1, -0.05) is 35.0 Å². The molecule has 0 amide bonds. The van der Waals surface area contributed by atoms with Gasteiger partial charge in [0.2, 0.25) is 0 Å². The molecule has 1 aromatic rings. The van der Waals surface area contributed by atoms with Crippen LogP contribution in [0.25, 0.3) is 0 Å². The molecule has 1 fully saturated rings.